The van der Waals surface area contributed by atoms with Gasteiger partial charge < -0.3 is 10.0 Å². The van der Waals surface area contributed by atoms with Crippen molar-refractivity contribution in [3.8, 4) is 0 Å². The second kappa shape index (κ2) is 7.37. The molecule has 0 amide bonds. The Labute approximate surface area is 128 Å². The molecule has 4 atom stereocenters. The highest BCUT2D eigenvalue weighted by Crippen LogP contribution is 2.29. The van der Waals surface area contributed by atoms with E-state index >= 15 is 0 Å². The molecule has 1 saturated carbocycles. The number of halogens is 1. The maximum Gasteiger partial charge on any atom is 0.129 e. The van der Waals surface area contributed by atoms with Crippen LogP contribution in [-0.4, -0.2) is 29.6 Å². The topological polar surface area (TPSA) is 23.5 Å². The quantitative estimate of drug-likeness (QED) is 0.887. The van der Waals surface area contributed by atoms with Crippen LogP contribution < -0.4 is 0 Å². The van der Waals surface area contributed by atoms with Crippen molar-refractivity contribution < 1.29 is 9.50 Å². The van der Waals surface area contributed by atoms with Gasteiger partial charge in [0.1, 0.15) is 5.82 Å². The maximum absolute atomic E-state index is 13.8. The first-order valence-corrected chi connectivity index (χ1v) is 8.11. The highest BCUT2D eigenvalue weighted by Gasteiger charge is 2.26. The van der Waals surface area contributed by atoms with Crippen LogP contribution in [-0.2, 0) is 0 Å². The van der Waals surface area contributed by atoms with Gasteiger partial charge in [-0.25, -0.2) is 4.39 Å². The zero-order chi connectivity index (χ0) is 15.4. The summed E-state index contributed by atoms with van der Waals surface area (Å²) in [5.74, 6) is 0.493. The van der Waals surface area contributed by atoms with E-state index in [0.29, 0.717) is 11.6 Å². The third-order valence-corrected chi connectivity index (χ3v) is 4.87. The first-order valence-electron chi connectivity index (χ1n) is 8.11. The van der Waals surface area contributed by atoms with E-state index in [4.69, 9.17) is 0 Å². The lowest BCUT2D eigenvalue weighted by atomic mass is 9.86. The largest absolute Gasteiger partial charge is 0.388 e. The van der Waals surface area contributed by atoms with Gasteiger partial charge in [0.15, 0.2) is 0 Å². The van der Waals surface area contributed by atoms with Crippen LogP contribution in [0.3, 0.4) is 0 Å². The van der Waals surface area contributed by atoms with Crippen LogP contribution in [0.5, 0.6) is 0 Å². The van der Waals surface area contributed by atoms with Crippen LogP contribution >= 0.6 is 0 Å². The van der Waals surface area contributed by atoms with Crippen LogP contribution in [0.2, 0.25) is 0 Å². The Kier molecular flexibility index (Phi) is 5.77. The van der Waals surface area contributed by atoms with E-state index in [1.807, 2.05) is 6.92 Å². The summed E-state index contributed by atoms with van der Waals surface area (Å²) in [6.07, 6.45) is 4.36. The number of aliphatic hydroxyl groups is 1. The Hall–Kier alpha value is -0.930. The van der Waals surface area contributed by atoms with Gasteiger partial charge in [0.2, 0.25) is 0 Å². The maximum atomic E-state index is 13.8. The molecule has 1 aliphatic carbocycles. The average Bonchev–Trinajstić information content (AvgIpc) is 2.47. The van der Waals surface area contributed by atoms with Crippen molar-refractivity contribution in [1.82, 2.24) is 4.90 Å². The smallest absolute Gasteiger partial charge is 0.129 e. The molecule has 1 N–H and O–H groups in total. The summed E-state index contributed by atoms with van der Waals surface area (Å²) < 4.78 is 13.8. The number of benzene rings is 1. The van der Waals surface area contributed by atoms with Gasteiger partial charge in [0, 0.05) is 18.2 Å². The standard InChI is InChI=1S/C18H28FNO/c1-13-7-6-8-15(11-13)20(3)12-14(2)18(21)16-9-4-5-10-17(16)19/h4-5,9-10,13-15,18,21H,6-8,11-12H2,1-3H3. The minimum atomic E-state index is -0.741. The number of nitrogens with zero attached hydrogens (tertiary/aromatic N) is 1. The summed E-state index contributed by atoms with van der Waals surface area (Å²) >= 11 is 0. The zero-order valence-electron chi connectivity index (χ0n) is 13.4. The van der Waals surface area contributed by atoms with Crippen molar-refractivity contribution >= 4 is 0 Å². The third kappa shape index (κ3) is 4.27. The second-order valence-electron chi connectivity index (χ2n) is 6.81. The summed E-state index contributed by atoms with van der Waals surface area (Å²) in [5.41, 5.74) is 0.412. The summed E-state index contributed by atoms with van der Waals surface area (Å²) in [6.45, 7) is 5.12. The van der Waals surface area contributed by atoms with Crippen LogP contribution in [0.15, 0.2) is 24.3 Å². The molecule has 4 unspecified atom stereocenters. The molecule has 0 aliphatic heterocycles. The van der Waals surface area contributed by atoms with E-state index in [0.717, 1.165) is 12.5 Å². The minimum Gasteiger partial charge on any atom is -0.388 e. The van der Waals surface area contributed by atoms with Crippen LogP contribution in [0.25, 0.3) is 0 Å². The molecule has 0 bridgehead atoms. The van der Waals surface area contributed by atoms with Crippen molar-refractivity contribution in [2.24, 2.45) is 11.8 Å². The molecule has 1 aromatic rings. The zero-order valence-corrected chi connectivity index (χ0v) is 13.4. The van der Waals surface area contributed by atoms with Gasteiger partial charge in [-0.15, -0.1) is 0 Å². The van der Waals surface area contributed by atoms with Crippen molar-refractivity contribution in [2.45, 2.75) is 51.7 Å². The normalized spacial score (nSPS) is 25.8. The van der Waals surface area contributed by atoms with Gasteiger partial charge in [-0.2, -0.15) is 0 Å². The highest BCUT2D eigenvalue weighted by atomic mass is 19.1. The predicted molar refractivity (Wildman–Crippen MR) is 84.6 cm³/mol. The molecule has 2 nitrogen and oxygen atoms in total. The van der Waals surface area contributed by atoms with Gasteiger partial charge in [0.05, 0.1) is 6.10 Å². The summed E-state index contributed by atoms with van der Waals surface area (Å²) in [5, 5.41) is 10.4. The molecule has 0 radical (unpaired) electrons. The molecule has 3 heteroatoms. The predicted octanol–water partition coefficient (Wildman–Crippen LogP) is 4.01. The van der Waals surface area contributed by atoms with Gasteiger partial charge in [-0.3, -0.25) is 0 Å². The molecule has 0 spiro atoms. The molecular weight excluding hydrogens is 265 g/mol. The van der Waals surface area contributed by atoms with E-state index in [1.54, 1.807) is 18.2 Å². The van der Waals surface area contributed by atoms with Crippen LogP contribution in [0.4, 0.5) is 4.39 Å². The van der Waals surface area contributed by atoms with Gasteiger partial charge >= 0.3 is 0 Å². The lowest BCUT2D eigenvalue weighted by molar-refractivity contribution is 0.0693. The van der Waals surface area contributed by atoms with Gasteiger partial charge in [-0.05, 0) is 37.8 Å². The number of rotatable bonds is 5. The number of hydrogen-bond acceptors (Lipinski definition) is 2. The van der Waals surface area contributed by atoms with Crippen LogP contribution in [0, 0.1) is 17.7 Å². The van der Waals surface area contributed by atoms with E-state index in [9.17, 15) is 9.50 Å². The average molecular weight is 293 g/mol. The number of aliphatic hydroxyl groups excluding tert-OH is 1. The summed E-state index contributed by atoms with van der Waals surface area (Å²) in [7, 11) is 2.13. The molecule has 0 saturated heterocycles. The minimum absolute atomic E-state index is 0.0177. The molecule has 2 rings (SSSR count). The SMILES string of the molecule is CC1CCCC(N(C)CC(C)C(O)c2ccccc2F)C1. The molecule has 1 aliphatic rings. The van der Waals surface area contributed by atoms with E-state index in [2.05, 4.69) is 18.9 Å². The molecule has 1 aromatic carbocycles. The van der Waals surface area contributed by atoms with Crippen molar-refractivity contribution in [3.05, 3.63) is 35.6 Å². The Morgan fingerprint density at radius 2 is 2.05 bits per heavy atom. The Morgan fingerprint density at radius 1 is 1.33 bits per heavy atom. The van der Waals surface area contributed by atoms with Gasteiger partial charge in [-0.1, -0.05) is 44.9 Å². The lowest BCUT2D eigenvalue weighted by Crippen LogP contribution is -2.39. The summed E-state index contributed by atoms with van der Waals surface area (Å²) in [4.78, 5) is 2.35. The number of hydrogen-bond donors (Lipinski definition) is 1. The molecule has 1 fully saturated rings. The first-order chi connectivity index (χ1) is 9.99. The first kappa shape index (κ1) is 16.4. The fourth-order valence-corrected chi connectivity index (χ4v) is 3.53. The lowest BCUT2D eigenvalue weighted by Gasteiger charge is -2.36. The Morgan fingerprint density at radius 3 is 2.71 bits per heavy atom. The highest BCUT2D eigenvalue weighted by molar-refractivity contribution is 5.20. The fourth-order valence-electron chi connectivity index (χ4n) is 3.53. The third-order valence-electron chi connectivity index (χ3n) is 4.87. The summed E-state index contributed by atoms with van der Waals surface area (Å²) in [6, 6.07) is 7.13. The molecule has 21 heavy (non-hydrogen) atoms. The van der Waals surface area contributed by atoms with Gasteiger partial charge in [0.25, 0.3) is 0 Å². The molecule has 0 heterocycles. The van der Waals surface area contributed by atoms with Crippen molar-refractivity contribution in [1.29, 1.82) is 0 Å². The van der Waals surface area contributed by atoms with E-state index < -0.39 is 6.10 Å². The van der Waals surface area contributed by atoms with E-state index in [-0.39, 0.29) is 11.7 Å². The Balaban J connectivity index is 1.94. The van der Waals surface area contributed by atoms with Crippen molar-refractivity contribution in [2.75, 3.05) is 13.6 Å². The fraction of sp³-hybridized carbons (Fsp3) is 0.667. The Bertz CT molecular complexity index is 451. The van der Waals surface area contributed by atoms with E-state index in [1.165, 1.54) is 31.7 Å². The molecule has 0 aromatic heterocycles. The van der Waals surface area contributed by atoms with Crippen LogP contribution in [0.1, 0.15) is 51.2 Å². The second-order valence-corrected chi connectivity index (χ2v) is 6.81. The van der Waals surface area contributed by atoms with Crippen molar-refractivity contribution in [3.63, 3.8) is 0 Å². The molecule has 118 valence electrons. The molecular formula is C18H28FNO. The monoisotopic (exact) mass is 293 g/mol.